The third kappa shape index (κ3) is 6.79. The molecule has 0 saturated heterocycles. The minimum absolute atomic E-state index is 0.142. The lowest BCUT2D eigenvalue weighted by Gasteiger charge is -2.16. The molecule has 0 aliphatic rings. The zero-order valence-electron chi connectivity index (χ0n) is 17.1. The van der Waals surface area contributed by atoms with Crippen LogP contribution in [0.25, 0.3) is 0 Å². The molecule has 0 heterocycles. The van der Waals surface area contributed by atoms with E-state index in [0.717, 1.165) is 5.56 Å². The molecule has 7 heteroatoms. The van der Waals surface area contributed by atoms with Crippen molar-refractivity contribution in [1.82, 2.24) is 5.32 Å². The summed E-state index contributed by atoms with van der Waals surface area (Å²) in [5.74, 6) is -0.215. The number of carbonyl (C=O) groups excluding carboxylic acids is 1. The molecule has 162 valence electrons. The maximum Gasteiger partial charge on any atom is 0.234 e. The van der Waals surface area contributed by atoms with E-state index in [1.54, 1.807) is 43.3 Å². The predicted octanol–water partition coefficient (Wildman–Crippen LogP) is 4.09. The van der Waals surface area contributed by atoms with Gasteiger partial charge in [-0.25, -0.2) is 8.78 Å². The van der Waals surface area contributed by atoms with Crippen LogP contribution in [0.5, 0.6) is 11.5 Å². The molecular weight excluding hydrogens is 402 g/mol. The first-order chi connectivity index (χ1) is 14.9. The monoisotopic (exact) mass is 426 g/mol. The van der Waals surface area contributed by atoms with Crippen LogP contribution >= 0.6 is 0 Å². The topological polar surface area (TPSA) is 73.6 Å². The van der Waals surface area contributed by atoms with Gasteiger partial charge in [-0.2, -0.15) is 0 Å². The zero-order chi connectivity index (χ0) is 22.2. The highest BCUT2D eigenvalue weighted by atomic mass is 19.1. The van der Waals surface area contributed by atoms with Crippen molar-refractivity contribution in [3.8, 4) is 11.5 Å². The fourth-order valence-corrected chi connectivity index (χ4v) is 2.84. The van der Waals surface area contributed by atoms with Crippen LogP contribution in [0.4, 0.5) is 8.78 Å². The number of rotatable bonds is 10. The van der Waals surface area contributed by atoms with Gasteiger partial charge in [0.15, 0.2) is 11.5 Å². The Hall–Kier alpha value is -3.45. The maximum atomic E-state index is 13.5. The first-order valence-electron chi connectivity index (χ1n) is 9.81. The molecule has 0 spiro atoms. The summed E-state index contributed by atoms with van der Waals surface area (Å²) < 4.78 is 38.6. The molecule has 0 bridgehead atoms. The SMILES string of the molecule is C[C@@H](NCc1ccc(OCc2cccc(F)c2)c(OCc2cccc(F)c2)c1)C(N)=O. The number of amides is 1. The fourth-order valence-electron chi connectivity index (χ4n) is 2.84. The zero-order valence-corrected chi connectivity index (χ0v) is 17.1. The van der Waals surface area contributed by atoms with Crippen LogP contribution in [0.3, 0.4) is 0 Å². The number of halogens is 2. The number of hydrogen-bond acceptors (Lipinski definition) is 4. The Balaban J connectivity index is 1.75. The van der Waals surface area contributed by atoms with E-state index in [1.165, 1.54) is 24.3 Å². The van der Waals surface area contributed by atoms with Crippen LogP contribution in [0.2, 0.25) is 0 Å². The smallest absolute Gasteiger partial charge is 0.234 e. The highest BCUT2D eigenvalue weighted by Gasteiger charge is 2.11. The van der Waals surface area contributed by atoms with Gasteiger partial charge in [-0.05, 0) is 60.0 Å². The lowest BCUT2D eigenvalue weighted by Crippen LogP contribution is -2.38. The first kappa shape index (κ1) is 22.2. The summed E-state index contributed by atoms with van der Waals surface area (Å²) in [6.45, 7) is 2.37. The van der Waals surface area contributed by atoms with Gasteiger partial charge in [-0.15, -0.1) is 0 Å². The molecule has 0 fully saturated rings. The lowest BCUT2D eigenvalue weighted by atomic mass is 10.1. The van der Waals surface area contributed by atoms with E-state index in [4.69, 9.17) is 15.2 Å². The van der Waals surface area contributed by atoms with Crippen molar-refractivity contribution < 1.29 is 23.0 Å². The van der Waals surface area contributed by atoms with Gasteiger partial charge < -0.3 is 20.5 Å². The molecule has 31 heavy (non-hydrogen) atoms. The Morgan fingerprint density at radius 2 is 1.45 bits per heavy atom. The quantitative estimate of drug-likeness (QED) is 0.512. The third-order valence-electron chi connectivity index (χ3n) is 4.61. The molecular formula is C24H24F2N2O3. The second kappa shape index (κ2) is 10.5. The lowest BCUT2D eigenvalue weighted by molar-refractivity contribution is -0.119. The number of primary amides is 1. The highest BCUT2D eigenvalue weighted by Crippen LogP contribution is 2.30. The van der Waals surface area contributed by atoms with Crippen LogP contribution in [-0.4, -0.2) is 11.9 Å². The normalized spacial score (nSPS) is 11.7. The molecule has 0 aliphatic carbocycles. The molecule has 3 rings (SSSR count). The van der Waals surface area contributed by atoms with Crippen LogP contribution in [0.15, 0.2) is 66.7 Å². The van der Waals surface area contributed by atoms with Crippen LogP contribution < -0.4 is 20.5 Å². The van der Waals surface area contributed by atoms with Gasteiger partial charge in [0.05, 0.1) is 6.04 Å². The molecule has 3 aromatic carbocycles. The van der Waals surface area contributed by atoms with Gasteiger partial charge in [0.1, 0.15) is 24.8 Å². The number of nitrogens with two attached hydrogens (primary N) is 1. The molecule has 1 amide bonds. The van der Waals surface area contributed by atoms with Crippen molar-refractivity contribution >= 4 is 5.91 Å². The second-order valence-electron chi connectivity index (χ2n) is 7.12. The van der Waals surface area contributed by atoms with Crippen molar-refractivity contribution in [2.45, 2.75) is 32.7 Å². The van der Waals surface area contributed by atoms with E-state index in [-0.39, 0.29) is 24.8 Å². The Morgan fingerprint density at radius 3 is 2.00 bits per heavy atom. The Morgan fingerprint density at radius 1 is 0.871 bits per heavy atom. The van der Waals surface area contributed by atoms with E-state index < -0.39 is 11.9 Å². The molecule has 0 aliphatic heterocycles. The van der Waals surface area contributed by atoms with Gasteiger partial charge in [-0.3, -0.25) is 4.79 Å². The van der Waals surface area contributed by atoms with Crippen molar-refractivity contribution in [2.24, 2.45) is 5.73 Å². The van der Waals surface area contributed by atoms with Gasteiger partial charge in [0.2, 0.25) is 5.91 Å². The van der Waals surface area contributed by atoms with Gasteiger partial charge >= 0.3 is 0 Å². The van der Waals surface area contributed by atoms with Crippen LogP contribution in [0, 0.1) is 11.6 Å². The van der Waals surface area contributed by atoms with E-state index in [0.29, 0.717) is 29.2 Å². The number of nitrogens with one attached hydrogen (secondary N) is 1. The summed E-state index contributed by atoms with van der Waals surface area (Å²) in [4.78, 5) is 11.2. The van der Waals surface area contributed by atoms with Crippen molar-refractivity contribution in [3.05, 3.63) is 95.1 Å². The summed E-state index contributed by atoms with van der Waals surface area (Å²) in [5.41, 5.74) is 7.47. The fraction of sp³-hybridized carbons (Fsp3) is 0.208. The predicted molar refractivity (Wildman–Crippen MR) is 113 cm³/mol. The Labute approximate surface area is 179 Å². The summed E-state index contributed by atoms with van der Waals surface area (Å²) >= 11 is 0. The first-order valence-corrected chi connectivity index (χ1v) is 9.81. The Bertz CT molecular complexity index is 1040. The molecule has 3 aromatic rings. The molecule has 0 radical (unpaired) electrons. The van der Waals surface area contributed by atoms with Crippen LogP contribution in [0.1, 0.15) is 23.6 Å². The Kier molecular flexibility index (Phi) is 7.56. The van der Waals surface area contributed by atoms with Crippen molar-refractivity contribution in [3.63, 3.8) is 0 Å². The number of benzene rings is 3. The average molecular weight is 426 g/mol. The molecule has 1 atom stereocenters. The standard InChI is InChI=1S/C24H24F2N2O3/c1-16(24(27)29)28-13-17-8-9-22(30-14-18-4-2-6-20(25)10-18)23(12-17)31-15-19-5-3-7-21(26)11-19/h2-12,16,28H,13-15H2,1H3,(H2,27,29)/t16-/m1/s1. The van der Waals surface area contributed by atoms with E-state index in [2.05, 4.69) is 5.32 Å². The molecule has 3 N–H and O–H groups in total. The summed E-state index contributed by atoms with van der Waals surface area (Å²) in [5, 5.41) is 3.03. The highest BCUT2D eigenvalue weighted by molar-refractivity contribution is 5.79. The average Bonchev–Trinajstić information content (AvgIpc) is 2.75. The molecule has 5 nitrogen and oxygen atoms in total. The van der Waals surface area contributed by atoms with Crippen LogP contribution in [-0.2, 0) is 24.6 Å². The molecule has 0 unspecified atom stereocenters. The van der Waals surface area contributed by atoms with Gasteiger partial charge in [0.25, 0.3) is 0 Å². The largest absolute Gasteiger partial charge is 0.485 e. The summed E-state index contributed by atoms with van der Waals surface area (Å²) in [6, 6.07) is 17.1. The minimum Gasteiger partial charge on any atom is -0.485 e. The number of ether oxygens (including phenoxy) is 2. The van der Waals surface area contributed by atoms with Crippen molar-refractivity contribution in [1.29, 1.82) is 0 Å². The van der Waals surface area contributed by atoms with Gasteiger partial charge in [-0.1, -0.05) is 30.3 Å². The molecule has 0 aromatic heterocycles. The second-order valence-corrected chi connectivity index (χ2v) is 7.12. The van der Waals surface area contributed by atoms with E-state index in [1.807, 2.05) is 6.07 Å². The minimum atomic E-state index is -0.486. The van der Waals surface area contributed by atoms with E-state index in [9.17, 15) is 13.6 Å². The maximum absolute atomic E-state index is 13.5. The number of carbonyl (C=O) groups is 1. The summed E-state index contributed by atoms with van der Waals surface area (Å²) in [6.07, 6.45) is 0. The summed E-state index contributed by atoms with van der Waals surface area (Å²) in [7, 11) is 0. The van der Waals surface area contributed by atoms with Gasteiger partial charge in [0, 0.05) is 6.54 Å². The van der Waals surface area contributed by atoms with E-state index >= 15 is 0 Å². The molecule has 0 saturated carbocycles. The third-order valence-corrected chi connectivity index (χ3v) is 4.61. The van der Waals surface area contributed by atoms with Crippen molar-refractivity contribution in [2.75, 3.05) is 0 Å². The number of hydrogen-bond donors (Lipinski definition) is 2.